The quantitative estimate of drug-likeness (QED) is 0.399. The van der Waals surface area contributed by atoms with Gasteiger partial charge in [0.1, 0.15) is 12.4 Å². The SMILES string of the molecule is CCOC(=O)C(CC(C)C)c1cc(Br)cc(OCc2ccc(C(F)(F)F)cc2)c1. The monoisotopic (exact) mass is 472 g/mol. The molecule has 0 spiro atoms. The van der Waals surface area contributed by atoms with E-state index in [1.54, 1.807) is 19.1 Å². The summed E-state index contributed by atoms with van der Waals surface area (Å²) in [5, 5.41) is 0. The summed E-state index contributed by atoms with van der Waals surface area (Å²) in [5.41, 5.74) is 0.689. The summed E-state index contributed by atoms with van der Waals surface area (Å²) in [6, 6.07) is 10.2. The zero-order valence-corrected chi connectivity index (χ0v) is 18.1. The highest BCUT2D eigenvalue weighted by Gasteiger charge is 2.30. The van der Waals surface area contributed by atoms with Gasteiger partial charge in [0.2, 0.25) is 0 Å². The predicted octanol–water partition coefficient (Wildman–Crippen LogP) is 6.74. The van der Waals surface area contributed by atoms with Crippen molar-refractivity contribution in [1.82, 2.24) is 0 Å². The maximum absolute atomic E-state index is 12.7. The third-order valence-electron chi connectivity index (χ3n) is 4.26. The van der Waals surface area contributed by atoms with Crippen molar-refractivity contribution in [2.75, 3.05) is 6.61 Å². The van der Waals surface area contributed by atoms with Crippen LogP contribution in [0.3, 0.4) is 0 Å². The Kier molecular flexibility index (Phi) is 8.14. The third-order valence-corrected chi connectivity index (χ3v) is 4.72. The number of rotatable bonds is 8. The summed E-state index contributed by atoms with van der Waals surface area (Å²) in [4.78, 5) is 12.4. The molecule has 0 fully saturated rings. The first-order valence-electron chi connectivity index (χ1n) is 9.36. The van der Waals surface area contributed by atoms with Crippen LogP contribution in [0.1, 0.15) is 49.8 Å². The first-order valence-corrected chi connectivity index (χ1v) is 10.2. The second-order valence-corrected chi connectivity index (χ2v) is 8.05. The standard InChI is InChI=1S/C22H24BrF3O3/c1-4-28-21(27)20(9-14(2)3)16-10-18(23)12-19(11-16)29-13-15-5-7-17(8-6-15)22(24,25)26/h5-8,10-12,14,20H,4,9,13H2,1-3H3. The van der Waals surface area contributed by atoms with E-state index in [1.165, 1.54) is 12.1 Å². The van der Waals surface area contributed by atoms with Crippen molar-refractivity contribution in [1.29, 1.82) is 0 Å². The topological polar surface area (TPSA) is 35.5 Å². The maximum atomic E-state index is 12.7. The molecule has 0 heterocycles. The molecule has 0 saturated heterocycles. The van der Waals surface area contributed by atoms with Gasteiger partial charge in [-0.25, -0.2) is 0 Å². The molecule has 1 atom stereocenters. The number of halogens is 4. The molecule has 0 saturated carbocycles. The van der Waals surface area contributed by atoms with Gasteiger partial charge in [0.25, 0.3) is 0 Å². The predicted molar refractivity (Wildman–Crippen MR) is 109 cm³/mol. The smallest absolute Gasteiger partial charge is 0.416 e. The van der Waals surface area contributed by atoms with Crippen LogP contribution in [-0.4, -0.2) is 12.6 Å². The average molecular weight is 473 g/mol. The fourth-order valence-corrected chi connectivity index (χ4v) is 3.40. The molecule has 29 heavy (non-hydrogen) atoms. The molecule has 1 unspecified atom stereocenters. The van der Waals surface area contributed by atoms with Crippen molar-refractivity contribution in [3.05, 3.63) is 63.6 Å². The van der Waals surface area contributed by atoms with Crippen LogP contribution in [0.25, 0.3) is 0 Å². The zero-order chi connectivity index (χ0) is 21.6. The lowest BCUT2D eigenvalue weighted by atomic mass is 9.90. The van der Waals surface area contributed by atoms with Crippen LogP contribution < -0.4 is 4.74 Å². The van der Waals surface area contributed by atoms with E-state index in [1.807, 2.05) is 19.9 Å². The van der Waals surface area contributed by atoms with E-state index < -0.39 is 17.7 Å². The van der Waals surface area contributed by atoms with E-state index >= 15 is 0 Å². The fourth-order valence-electron chi connectivity index (χ4n) is 2.91. The van der Waals surface area contributed by atoms with Gasteiger partial charge >= 0.3 is 12.1 Å². The van der Waals surface area contributed by atoms with Crippen molar-refractivity contribution in [2.45, 2.75) is 45.9 Å². The summed E-state index contributed by atoms with van der Waals surface area (Å²) < 4.78 is 49.7. The lowest BCUT2D eigenvalue weighted by Gasteiger charge is -2.19. The summed E-state index contributed by atoms with van der Waals surface area (Å²) in [7, 11) is 0. The van der Waals surface area contributed by atoms with E-state index in [0.717, 1.165) is 22.2 Å². The first kappa shape index (κ1) is 23.3. The number of ether oxygens (including phenoxy) is 2. The molecule has 0 bridgehead atoms. The number of benzene rings is 2. The summed E-state index contributed by atoms with van der Waals surface area (Å²) in [6.45, 7) is 6.25. The van der Waals surface area contributed by atoms with E-state index in [0.29, 0.717) is 30.3 Å². The number of hydrogen-bond donors (Lipinski definition) is 0. The zero-order valence-electron chi connectivity index (χ0n) is 16.6. The molecular weight excluding hydrogens is 449 g/mol. The molecule has 0 aromatic heterocycles. The van der Waals surface area contributed by atoms with Crippen molar-refractivity contribution in [3.8, 4) is 5.75 Å². The normalized spacial score (nSPS) is 12.7. The Morgan fingerprint density at radius 2 is 1.76 bits per heavy atom. The Labute approximate surface area is 177 Å². The van der Waals surface area contributed by atoms with Crippen LogP contribution in [0, 0.1) is 5.92 Å². The molecule has 2 rings (SSSR count). The minimum Gasteiger partial charge on any atom is -0.489 e. The number of carbonyl (C=O) groups is 1. The van der Waals surface area contributed by atoms with Gasteiger partial charge in [-0.15, -0.1) is 0 Å². The van der Waals surface area contributed by atoms with E-state index in [-0.39, 0.29) is 12.6 Å². The van der Waals surface area contributed by atoms with Crippen molar-refractivity contribution >= 4 is 21.9 Å². The van der Waals surface area contributed by atoms with Crippen LogP contribution >= 0.6 is 15.9 Å². The van der Waals surface area contributed by atoms with Gasteiger partial charge < -0.3 is 9.47 Å². The number of carbonyl (C=O) groups excluding carboxylic acids is 1. The fraction of sp³-hybridized carbons (Fsp3) is 0.409. The Balaban J connectivity index is 2.17. The molecule has 0 radical (unpaired) electrons. The first-order chi connectivity index (χ1) is 13.6. The van der Waals surface area contributed by atoms with Crippen LogP contribution in [0.2, 0.25) is 0 Å². The molecule has 0 amide bonds. The van der Waals surface area contributed by atoms with Gasteiger partial charge in [-0.2, -0.15) is 13.2 Å². The van der Waals surface area contributed by atoms with Gasteiger partial charge in [0.15, 0.2) is 0 Å². The Hall–Kier alpha value is -2.02. The summed E-state index contributed by atoms with van der Waals surface area (Å²) >= 11 is 3.44. The van der Waals surface area contributed by atoms with Gasteiger partial charge in [-0.3, -0.25) is 4.79 Å². The van der Waals surface area contributed by atoms with Crippen molar-refractivity contribution in [2.24, 2.45) is 5.92 Å². The maximum Gasteiger partial charge on any atom is 0.416 e. The molecule has 7 heteroatoms. The van der Waals surface area contributed by atoms with Gasteiger partial charge in [-0.1, -0.05) is 41.9 Å². The molecular formula is C22H24BrF3O3. The summed E-state index contributed by atoms with van der Waals surface area (Å²) in [5.74, 6) is 0.112. The summed E-state index contributed by atoms with van der Waals surface area (Å²) in [6.07, 6.45) is -3.73. The highest BCUT2D eigenvalue weighted by atomic mass is 79.9. The van der Waals surface area contributed by atoms with Crippen LogP contribution in [0.15, 0.2) is 46.9 Å². The molecule has 0 aliphatic heterocycles. The second-order valence-electron chi connectivity index (χ2n) is 7.14. The molecule has 2 aromatic rings. The van der Waals surface area contributed by atoms with Crippen molar-refractivity contribution in [3.63, 3.8) is 0 Å². The lowest BCUT2D eigenvalue weighted by Crippen LogP contribution is -2.18. The lowest BCUT2D eigenvalue weighted by molar-refractivity contribution is -0.145. The second kappa shape index (κ2) is 10.1. The molecule has 0 aliphatic carbocycles. The van der Waals surface area contributed by atoms with Gasteiger partial charge in [0, 0.05) is 4.47 Å². The Bertz CT molecular complexity index is 817. The van der Waals surface area contributed by atoms with E-state index in [9.17, 15) is 18.0 Å². The average Bonchev–Trinajstić information content (AvgIpc) is 2.63. The molecule has 0 N–H and O–H groups in total. The molecule has 2 aromatic carbocycles. The van der Waals surface area contributed by atoms with E-state index in [2.05, 4.69) is 15.9 Å². The number of hydrogen-bond acceptors (Lipinski definition) is 3. The number of alkyl halides is 3. The van der Waals surface area contributed by atoms with Gasteiger partial charge in [0.05, 0.1) is 18.1 Å². The Morgan fingerprint density at radius 3 is 2.31 bits per heavy atom. The third kappa shape index (κ3) is 7.07. The minimum absolute atomic E-state index is 0.113. The number of esters is 1. The molecule has 158 valence electrons. The minimum atomic E-state index is -4.36. The largest absolute Gasteiger partial charge is 0.489 e. The van der Waals surface area contributed by atoms with Crippen LogP contribution in [-0.2, 0) is 22.3 Å². The molecule has 0 aliphatic rings. The highest BCUT2D eigenvalue weighted by molar-refractivity contribution is 9.10. The highest BCUT2D eigenvalue weighted by Crippen LogP contribution is 2.32. The van der Waals surface area contributed by atoms with Crippen LogP contribution in [0.5, 0.6) is 5.75 Å². The van der Waals surface area contributed by atoms with E-state index in [4.69, 9.17) is 9.47 Å². The molecule has 3 nitrogen and oxygen atoms in total. The van der Waals surface area contributed by atoms with Gasteiger partial charge in [-0.05, 0) is 60.7 Å². The Morgan fingerprint density at radius 1 is 1.10 bits per heavy atom. The van der Waals surface area contributed by atoms with Crippen molar-refractivity contribution < 1.29 is 27.4 Å². The van der Waals surface area contributed by atoms with Crippen LogP contribution in [0.4, 0.5) is 13.2 Å².